The maximum absolute atomic E-state index is 12.6. The first kappa shape index (κ1) is 17.6. The lowest BCUT2D eigenvalue weighted by Crippen LogP contribution is -2.15. The van der Waals surface area contributed by atoms with Crippen LogP contribution in [0.5, 0.6) is 0 Å². The van der Waals surface area contributed by atoms with Crippen LogP contribution in [0.3, 0.4) is 0 Å². The van der Waals surface area contributed by atoms with Gasteiger partial charge in [0, 0.05) is 23.0 Å². The predicted molar refractivity (Wildman–Crippen MR) is 111 cm³/mol. The molecule has 0 aliphatic rings. The van der Waals surface area contributed by atoms with Crippen LogP contribution in [0, 0.1) is 13.8 Å². The molecule has 1 amide bonds. The highest BCUT2D eigenvalue weighted by Crippen LogP contribution is 2.23. The highest BCUT2D eigenvalue weighted by atomic mass is 16.1. The van der Waals surface area contributed by atoms with Crippen molar-refractivity contribution >= 4 is 34.1 Å². The molecular formula is C22H19N5O. The molecule has 0 saturated heterocycles. The van der Waals surface area contributed by atoms with Crippen LogP contribution in [0.2, 0.25) is 0 Å². The van der Waals surface area contributed by atoms with Crippen LogP contribution >= 0.6 is 0 Å². The van der Waals surface area contributed by atoms with Crippen molar-refractivity contribution in [1.29, 1.82) is 0 Å². The van der Waals surface area contributed by atoms with E-state index in [-0.39, 0.29) is 5.91 Å². The molecule has 4 aromatic rings. The van der Waals surface area contributed by atoms with Gasteiger partial charge in [0.15, 0.2) is 0 Å². The number of nitrogens with zero attached hydrogens (tertiary/aromatic N) is 3. The number of pyridine rings is 1. The van der Waals surface area contributed by atoms with Gasteiger partial charge in [0.2, 0.25) is 5.95 Å². The standard InChI is InChI=1S/C22H19N5O/c1-14-8-10-17(11-9-14)25-21(28)19-13-15(2)24-22(27-19)26-18-7-3-5-16-6-4-12-23-20(16)18/h3-13H,1-2H3,(H,25,28)(H,24,26,27). The van der Waals surface area contributed by atoms with E-state index >= 15 is 0 Å². The number of fused-ring (bicyclic) bond motifs is 1. The largest absolute Gasteiger partial charge is 0.322 e. The molecule has 2 aromatic heterocycles. The Hall–Kier alpha value is -3.80. The van der Waals surface area contributed by atoms with Gasteiger partial charge < -0.3 is 10.6 Å². The Morgan fingerprint density at radius 3 is 2.54 bits per heavy atom. The van der Waals surface area contributed by atoms with Crippen molar-refractivity contribution in [2.45, 2.75) is 13.8 Å². The van der Waals surface area contributed by atoms with Crippen LogP contribution < -0.4 is 10.6 Å². The zero-order valence-corrected chi connectivity index (χ0v) is 15.6. The van der Waals surface area contributed by atoms with E-state index in [2.05, 4.69) is 25.6 Å². The smallest absolute Gasteiger partial charge is 0.274 e. The van der Waals surface area contributed by atoms with E-state index in [1.807, 2.05) is 68.4 Å². The zero-order valence-electron chi connectivity index (χ0n) is 15.6. The molecule has 0 atom stereocenters. The van der Waals surface area contributed by atoms with Gasteiger partial charge >= 0.3 is 0 Å². The summed E-state index contributed by atoms with van der Waals surface area (Å²) >= 11 is 0. The molecular weight excluding hydrogens is 350 g/mol. The minimum Gasteiger partial charge on any atom is -0.322 e. The maximum atomic E-state index is 12.6. The molecule has 28 heavy (non-hydrogen) atoms. The minimum atomic E-state index is -0.284. The fraction of sp³-hybridized carbons (Fsp3) is 0.0909. The van der Waals surface area contributed by atoms with E-state index < -0.39 is 0 Å². The Balaban J connectivity index is 1.61. The number of rotatable bonds is 4. The lowest BCUT2D eigenvalue weighted by atomic mass is 10.2. The number of aryl methyl sites for hydroxylation is 2. The molecule has 0 fully saturated rings. The third-order valence-corrected chi connectivity index (χ3v) is 4.28. The number of anilines is 3. The Morgan fingerprint density at radius 2 is 1.71 bits per heavy atom. The van der Waals surface area contributed by atoms with E-state index in [9.17, 15) is 4.79 Å². The molecule has 2 N–H and O–H groups in total. The van der Waals surface area contributed by atoms with Gasteiger partial charge in [0.25, 0.3) is 5.91 Å². The van der Waals surface area contributed by atoms with Crippen molar-refractivity contribution in [2.24, 2.45) is 0 Å². The molecule has 2 heterocycles. The number of hydrogen-bond acceptors (Lipinski definition) is 5. The van der Waals surface area contributed by atoms with E-state index in [1.165, 1.54) is 0 Å². The molecule has 0 aliphatic carbocycles. The molecule has 0 saturated carbocycles. The van der Waals surface area contributed by atoms with Crippen LogP contribution in [0.15, 0.2) is 66.9 Å². The van der Waals surface area contributed by atoms with E-state index in [1.54, 1.807) is 12.3 Å². The summed E-state index contributed by atoms with van der Waals surface area (Å²) in [4.78, 5) is 25.8. The third kappa shape index (κ3) is 3.81. The Labute approximate surface area is 162 Å². The zero-order chi connectivity index (χ0) is 19.5. The molecule has 4 rings (SSSR count). The quantitative estimate of drug-likeness (QED) is 0.548. The Morgan fingerprint density at radius 1 is 0.929 bits per heavy atom. The summed E-state index contributed by atoms with van der Waals surface area (Å²) in [5.41, 5.74) is 4.45. The minimum absolute atomic E-state index is 0.284. The summed E-state index contributed by atoms with van der Waals surface area (Å²) in [6.07, 6.45) is 1.74. The molecule has 0 aliphatic heterocycles. The number of carbonyl (C=O) groups excluding carboxylic acids is 1. The van der Waals surface area contributed by atoms with Crippen molar-refractivity contribution < 1.29 is 4.79 Å². The number of aromatic nitrogens is 3. The van der Waals surface area contributed by atoms with Gasteiger partial charge in [0.05, 0.1) is 11.2 Å². The van der Waals surface area contributed by atoms with Gasteiger partial charge in [-0.15, -0.1) is 0 Å². The SMILES string of the molecule is Cc1ccc(NC(=O)c2cc(C)nc(Nc3cccc4cccnc34)n2)cc1. The molecule has 0 radical (unpaired) electrons. The topological polar surface area (TPSA) is 79.8 Å². The first-order chi connectivity index (χ1) is 13.6. The van der Waals surface area contributed by atoms with Gasteiger partial charge in [0.1, 0.15) is 5.69 Å². The lowest BCUT2D eigenvalue weighted by Gasteiger charge is -2.10. The number of amides is 1. The van der Waals surface area contributed by atoms with Crippen LogP contribution in [0.4, 0.5) is 17.3 Å². The van der Waals surface area contributed by atoms with Gasteiger partial charge in [-0.1, -0.05) is 35.9 Å². The van der Waals surface area contributed by atoms with Crippen molar-refractivity contribution in [3.05, 3.63) is 83.8 Å². The van der Waals surface area contributed by atoms with E-state index in [4.69, 9.17) is 0 Å². The van der Waals surface area contributed by atoms with Gasteiger partial charge in [-0.2, -0.15) is 0 Å². The van der Waals surface area contributed by atoms with Crippen LogP contribution in [0.25, 0.3) is 10.9 Å². The predicted octanol–water partition coefficient (Wildman–Crippen LogP) is 4.64. The average Bonchev–Trinajstić information content (AvgIpc) is 2.69. The summed E-state index contributed by atoms with van der Waals surface area (Å²) in [5.74, 6) is 0.0701. The van der Waals surface area contributed by atoms with Crippen molar-refractivity contribution in [3.63, 3.8) is 0 Å². The van der Waals surface area contributed by atoms with Crippen molar-refractivity contribution in [3.8, 4) is 0 Å². The molecule has 138 valence electrons. The van der Waals surface area contributed by atoms with E-state index in [0.29, 0.717) is 17.3 Å². The van der Waals surface area contributed by atoms with Gasteiger partial charge in [-0.25, -0.2) is 9.97 Å². The molecule has 6 nitrogen and oxygen atoms in total. The monoisotopic (exact) mass is 369 g/mol. The Bertz CT molecular complexity index is 1150. The molecule has 0 bridgehead atoms. The fourth-order valence-electron chi connectivity index (χ4n) is 2.90. The number of carbonyl (C=O) groups is 1. The number of hydrogen-bond donors (Lipinski definition) is 2. The first-order valence-corrected chi connectivity index (χ1v) is 8.93. The number of nitrogens with one attached hydrogen (secondary N) is 2. The first-order valence-electron chi connectivity index (χ1n) is 8.93. The Kier molecular flexibility index (Phi) is 4.68. The summed E-state index contributed by atoms with van der Waals surface area (Å²) in [6, 6.07) is 19.0. The molecule has 6 heteroatoms. The maximum Gasteiger partial charge on any atom is 0.274 e. The number of para-hydroxylation sites is 1. The third-order valence-electron chi connectivity index (χ3n) is 4.28. The molecule has 0 spiro atoms. The van der Waals surface area contributed by atoms with Crippen LogP contribution in [-0.4, -0.2) is 20.9 Å². The second-order valence-electron chi connectivity index (χ2n) is 6.54. The summed E-state index contributed by atoms with van der Waals surface area (Å²) < 4.78 is 0. The second kappa shape index (κ2) is 7.44. The summed E-state index contributed by atoms with van der Waals surface area (Å²) in [6.45, 7) is 3.83. The van der Waals surface area contributed by atoms with Crippen LogP contribution in [-0.2, 0) is 0 Å². The van der Waals surface area contributed by atoms with Crippen molar-refractivity contribution in [1.82, 2.24) is 15.0 Å². The highest BCUT2D eigenvalue weighted by molar-refractivity contribution is 6.03. The normalized spacial score (nSPS) is 10.6. The van der Waals surface area contributed by atoms with Gasteiger partial charge in [-0.05, 0) is 44.2 Å². The molecule has 2 aromatic carbocycles. The average molecular weight is 369 g/mol. The molecule has 0 unspecified atom stereocenters. The van der Waals surface area contributed by atoms with E-state index in [0.717, 1.165) is 27.8 Å². The van der Waals surface area contributed by atoms with Crippen molar-refractivity contribution in [2.75, 3.05) is 10.6 Å². The number of benzene rings is 2. The fourth-order valence-corrected chi connectivity index (χ4v) is 2.90. The van der Waals surface area contributed by atoms with Gasteiger partial charge in [-0.3, -0.25) is 9.78 Å². The van der Waals surface area contributed by atoms with Crippen LogP contribution in [0.1, 0.15) is 21.7 Å². The second-order valence-corrected chi connectivity index (χ2v) is 6.54. The summed E-state index contributed by atoms with van der Waals surface area (Å²) in [7, 11) is 0. The highest BCUT2D eigenvalue weighted by Gasteiger charge is 2.12. The summed E-state index contributed by atoms with van der Waals surface area (Å²) in [5, 5.41) is 7.07. The lowest BCUT2D eigenvalue weighted by molar-refractivity contribution is 0.102.